The van der Waals surface area contributed by atoms with Gasteiger partial charge in [-0.05, 0) is 118 Å². The molecule has 1 saturated heterocycles. The normalized spacial score (nSPS) is 33.2. The molecule has 10 nitrogen and oxygen atoms in total. The van der Waals surface area contributed by atoms with E-state index in [1.807, 2.05) is 25.1 Å². The van der Waals surface area contributed by atoms with E-state index in [2.05, 4.69) is 32.0 Å². The standard InChI is InChI=1S/C34H41ClN2O6S.C8H16N2/c1-22-6-4-15-34(20-38,42-3)29-11-8-26(29)18-37-19-33(14-5-7-24-16-27(35)10-12-28(24)33)21-43-31-13-9-25(17-30(31)37)32(39)36-44(40,41)23(22)2;1-2-8(3-1)10-6-4-9-5-7-10/h4,9-10,12-13,15-17,20,22-23,26,29H,5-8,11,14,18-19,21H2,1-3H3,(H,36,39);8-9H,1-7H2/b15-4+;/t22-,23+,26-,29+,33-,34-;/m0./s1. The van der Waals surface area contributed by atoms with E-state index in [1.165, 1.54) is 56.6 Å². The van der Waals surface area contributed by atoms with Crippen LogP contribution in [0.3, 0.4) is 0 Å². The molecular weight excluding hydrogens is 724 g/mol. The minimum atomic E-state index is -3.97. The van der Waals surface area contributed by atoms with Gasteiger partial charge in [-0.3, -0.25) is 14.5 Å². The summed E-state index contributed by atoms with van der Waals surface area (Å²) in [5.74, 6) is -0.203. The lowest BCUT2D eigenvalue weighted by molar-refractivity contribution is -0.135. The number of carbonyl (C=O) groups is 2. The van der Waals surface area contributed by atoms with E-state index < -0.39 is 26.8 Å². The highest BCUT2D eigenvalue weighted by Crippen LogP contribution is 2.48. The number of carbonyl (C=O) groups excluding carboxylic acids is 2. The van der Waals surface area contributed by atoms with Crippen LogP contribution in [0, 0.1) is 17.8 Å². The lowest BCUT2D eigenvalue weighted by atomic mass is 9.64. The number of methoxy groups -OCH3 is 1. The number of fused-ring (bicyclic) bond motifs is 4. The molecule has 2 N–H and O–H groups in total. The van der Waals surface area contributed by atoms with Crippen LogP contribution in [0.25, 0.3) is 0 Å². The van der Waals surface area contributed by atoms with E-state index in [0.717, 1.165) is 50.1 Å². The molecule has 2 aromatic rings. The molecule has 2 bridgehead atoms. The van der Waals surface area contributed by atoms with Crippen LogP contribution in [0.4, 0.5) is 5.69 Å². The van der Waals surface area contributed by atoms with Crippen molar-refractivity contribution in [3.8, 4) is 5.75 Å². The number of benzene rings is 2. The number of aldehydes is 1. The van der Waals surface area contributed by atoms with Gasteiger partial charge in [0.2, 0.25) is 10.0 Å². The quantitative estimate of drug-likeness (QED) is 0.290. The minimum Gasteiger partial charge on any atom is -0.490 e. The summed E-state index contributed by atoms with van der Waals surface area (Å²) < 4.78 is 41.3. The predicted octanol–water partition coefficient (Wildman–Crippen LogP) is 5.91. The molecule has 3 heterocycles. The first-order chi connectivity index (χ1) is 26.0. The van der Waals surface area contributed by atoms with Crippen LogP contribution in [-0.4, -0.2) is 95.4 Å². The highest BCUT2D eigenvalue weighted by molar-refractivity contribution is 7.90. The van der Waals surface area contributed by atoms with Crippen molar-refractivity contribution < 1.29 is 27.5 Å². The first-order valence-corrected chi connectivity index (χ1v) is 21.9. The molecule has 3 aliphatic carbocycles. The Hall–Kier alpha value is -2.96. The van der Waals surface area contributed by atoms with Crippen molar-refractivity contribution in [2.24, 2.45) is 17.8 Å². The number of hydrogen-bond donors (Lipinski definition) is 2. The molecule has 6 aliphatic rings. The molecule has 0 unspecified atom stereocenters. The summed E-state index contributed by atoms with van der Waals surface area (Å²) in [6.45, 7) is 10.1. The Labute approximate surface area is 326 Å². The molecule has 0 radical (unpaired) electrons. The topological polar surface area (TPSA) is 117 Å². The Morgan fingerprint density at radius 3 is 2.52 bits per heavy atom. The number of nitrogens with zero attached hydrogens (tertiary/aromatic N) is 2. The third-order valence-electron chi connectivity index (χ3n) is 13.4. The second-order valence-electron chi connectivity index (χ2n) is 16.6. The summed E-state index contributed by atoms with van der Waals surface area (Å²) in [4.78, 5) is 31.0. The van der Waals surface area contributed by atoms with Crippen molar-refractivity contribution in [2.45, 2.75) is 93.9 Å². The Balaban J connectivity index is 0.000000386. The fourth-order valence-corrected chi connectivity index (χ4v) is 11.0. The largest absolute Gasteiger partial charge is 0.490 e. The molecular formula is C42H57ClN4O6S. The van der Waals surface area contributed by atoms with Crippen LogP contribution in [0.15, 0.2) is 48.6 Å². The van der Waals surface area contributed by atoms with Gasteiger partial charge in [-0.1, -0.05) is 37.1 Å². The van der Waals surface area contributed by atoms with Gasteiger partial charge < -0.3 is 19.7 Å². The van der Waals surface area contributed by atoms with Crippen LogP contribution in [0.5, 0.6) is 5.75 Å². The lowest BCUT2D eigenvalue weighted by Gasteiger charge is -2.48. The van der Waals surface area contributed by atoms with Gasteiger partial charge in [0.05, 0.1) is 17.5 Å². The summed E-state index contributed by atoms with van der Waals surface area (Å²) in [5, 5.41) is 3.25. The molecule has 3 fully saturated rings. The Morgan fingerprint density at radius 1 is 1.04 bits per heavy atom. The number of aryl methyl sites for hydroxylation is 1. The monoisotopic (exact) mass is 780 g/mol. The number of hydrogen-bond acceptors (Lipinski definition) is 9. The summed E-state index contributed by atoms with van der Waals surface area (Å²) >= 11 is 6.40. The third kappa shape index (κ3) is 7.85. The number of sulfonamides is 1. The second-order valence-corrected chi connectivity index (χ2v) is 19.0. The van der Waals surface area contributed by atoms with E-state index in [9.17, 15) is 18.0 Å². The number of allylic oxidation sites excluding steroid dienone is 1. The van der Waals surface area contributed by atoms with Gasteiger partial charge in [0.1, 0.15) is 11.4 Å². The molecule has 6 atom stereocenters. The molecule has 2 aromatic carbocycles. The van der Waals surface area contributed by atoms with E-state index >= 15 is 0 Å². The maximum absolute atomic E-state index is 13.4. The molecule has 2 saturated carbocycles. The van der Waals surface area contributed by atoms with Gasteiger partial charge in [0.15, 0.2) is 6.29 Å². The molecule has 54 heavy (non-hydrogen) atoms. The number of halogens is 1. The van der Waals surface area contributed by atoms with Crippen molar-refractivity contribution in [3.05, 3.63) is 70.3 Å². The predicted molar refractivity (Wildman–Crippen MR) is 213 cm³/mol. The first kappa shape index (κ1) is 39.3. The summed E-state index contributed by atoms with van der Waals surface area (Å²) in [5.41, 5.74) is 2.05. The lowest BCUT2D eigenvalue weighted by Crippen LogP contribution is -2.53. The summed E-state index contributed by atoms with van der Waals surface area (Å²) in [6, 6.07) is 12.2. The van der Waals surface area contributed by atoms with Gasteiger partial charge in [-0.2, -0.15) is 0 Å². The van der Waals surface area contributed by atoms with E-state index in [-0.39, 0.29) is 28.7 Å². The van der Waals surface area contributed by atoms with Crippen LogP contribution >= 0.6 is 11.6 Å². The van der Waals surface area contributed by atoms with E-state index in [0.29, 0.717) is 36.9 Å². The first-order valence-electron chi connectivity index (χ1n) is 20.0. The summed E-state index contributed by atoms with van der Waals surface area (Å²) in [6.07, 6.45) is 14.0. The Bertz CT molecular complexity index is 1830. The number of anilines is 1. The van der Waals surface area contributed by atoms with Crippen LogP contribution in [0.2, 0.25) is 5.02 Å². The Kier molecular flexibility index (Phi) is 11.8. The number of rotatable bonds is 3. The van der Waals surface area contributed by atoms with Crippen molar-refractivity contribution in [3.63, 3.8) is 0 Å². The van der Waals surface area contributed by atoms with Crippen LogP contribution in [-0.2, 0) is 31.4 Å². The van der Waals surface area contributed by atoms with Crippen LogP contribution < -0.4 is 19.7 Å². The van der Waals surface area contributed by atoms with Crippen molar-refractivity contribution >= 4 is 39.5 Å². The minimum absolute atomic E-state index is 0.0434. The highest BCUT2D eigenvalue weighted by Gasteiger charge is 2.49. The zero-order chi connectivity index (χ0) is 38.1. The van der Waals surface area contributed by atoms with E-state index in [4.69, 9.17) is 21.1 Å². The molecule has 294 valence electrons. The zero-order valence-corrected chi connectivity index (χ0v) is 33.6. The Morgan fingerprint density at radius 2 is 1.83 bits per heavy atom. The van der Waals surface area contributed by atoms with Gasteiger partial charge in [0, 0.05) is 74.3 Å². The average molecular weight is 781 g/mol. The maximum Gasteiger partial charge on any atom is 0.264 e. The van der Waals surface area contributed by atoms with Crippen molar-refractivity contribution in [2.75, 3.05) is 57.9 Å². The van der Waals surface area contributed by atoms with Gasteiger partial charge in [-0.15, -0.1) is 0 Å². The number of piperazine rings is 1. The zero-order valence-electron chi connectivity index (χ0n) is 32.0. The van der Waals surface area contributed by atoms with Gasteiger partial charge in [-0.25, -0.2) is 13.1 Å². The van der Waals surface area contributed by atoms with Crippen molar-refractivity contribution in [1.82, 2.24) is 14.9 Å². The molecule has 12 heteroatoms. The maximum atomic E-state index is 13.4. The van der Waals surface area contributed by atoms with Gasteiger partial charge >= 0.3 is 0 Å². The fourth-order valence-electron chi connectivity index (χ4n) is 9.48. The fraction of sp³-hybridized carbons (Fsp3) is 0.619. The SMILES string of the molecule is C1CC(N2CCNCC2)C1.CO[C@]1(C=O)/C=C/C[C@H](C)[C@@H](C)S(=O)(=O)NC(=O)c2ccc3c(c2)N(C[C@@H]2CC[C@H]21)C[C@@]1(CCCc2cc(Cl)ccc21)CO3. The second kappa shape index (κ2) is 16.3. The summed E-state index contributed by atoms with van der Waals surface area (Å²) in [7, 11) is -2.41. The number of nitrogens with one attached hydrogen (secondary N) is 2. The highest BCUT2D eigenvalue weighted by atomic mass is 35.5. The number of ether oxygens (including phenoxy) is 2. The van der Waals surface area contributed by atoms with E-state index in [1.54, 1.807) is 32.2 Å². The molecule has 0 aromatic heterocycles. The molecule has 8 rings (SSSR count). The average Bonchev–Trinajstić information content (AvgIpc) is 3.28. The molecule has 1 spiro atoms. The third-order valence-corrected chi connectivity index (χ3v) is 15.6. The van der Waals surface area contributed by atoms with Crippen molar-refractivity contribution in [1.29, 1.82) is 0 Å². The molecule has 1 amide bonds. The van der Waals surface area contributed by atoms with Crippen LogP contribution in [0.1, 0.15) is 86.7 Å². The number of amides is 1. The smallest absolute Gasteiger partial charge is 0.264 e. The molecule has 3 aliphatic heterocycles. The van der Waals surface area contributed by atoms with Gasteiger partial charge in [0.25, 0.3) is 5.91 Å².